The van der Waals surface area contributed by atoms with Crippen molar-refractivity contribution < 1.29 is 79.2 Å². The molecule has 40 heavy (non-hydrogen) atoms. The number of aliphatic hydroxyl groups excluding tert-OH is 9. The van der Waals surface area contributed by atoms with Gasteiger partial charge in [0, 0.05) is 13.8 Å². The Morgan fingerprint density at radius 1 is 0.600 bits per heavy atom. The van der Waals surface area contributed by atoms with Crippen molar-refractivity contribution in [3.05, 3.63) is 0 Å². The lowest BCUT2D eigenvalue weighted by atomic mass is 9.94. The van der Waals surface area contributed by atoms with Gasteiger partial charge in [-0.25, -0.2) is 0 Å². The second-order valence-electron chi connectivity index (χ2n) is 9.81. The Morgan fingerprint density at radius 2 is 1.10 bits per heavy atom. The van der Waals surface area contributed by atoms with Crippen LogP contribution in [-0.2, 0) is 33.3 Å². The largest absolute Gasteiger partial charge is 0.394 e. The standard InChI is InChI=1S/C22H38N2O16/c1-6(28)23-11-15(32)18(10(5-27)36-20(11)35)39-21-12(24-7(2)29)19(14(31)9(4-26)37-21)40-22-17(34)16(33)13(30)8(3-25)38-22/h8-22,25-27,30-35H,3-5H2,1-2H3,(H,23,28)(H,24,29)/t8-,9-,10-,11-,12-,13+,14+,15-,16+,17-,18-,19-,20?,21+,22+/m1/s1. The fourth-order valence-corrected chi connectivity index (χ4v) is 4.86. The van der Waals surface area contributed by atoms with E-state index in [1.165, 1.54) is 0 Å². The van der Waals surface area contributed by atoms with E-state index in [-0.39, 0.29) is 0 Å². The van der Waals surface area contributed by atoms with E-state index in [0.29, 0.717) is 0 Å². The number of carbonyl (C=O) groups excluding carboxylic acids is 2. The molecule has 15 atom stereocenters. The molecule has 3 fully saturated rings. The third-order valence-corrected chi connectivity index (χ3v) is 6.90. The van der Waals surface area contributed by atoms with E-state index in [9.17, 15) is 55.5 Å². The van der Waals surface area contributed by atoms with E-state index in [1.54, 1.807) is 0 Å². The highest BCUT2D eigenvalue weighted by atomic mass is 16.7. The summed E-state index contributed by atoms with van der Waals surface area (Å²) in [6.45, 7) is -0.142. The molecule has 0 aromatic carbocycles. The van der Waals surface area contributed by atoms with E-state index < -0.39 is 124 Å². The van der Waals surface area contributed by atoms with Crippen molar-refractivity contribution >= 4 is 11.8 Å². The molecule has 3 aliphatic heterocycles. The van der Waals surface area contributed by atoms with Crippen LogP contribution in [0.1, 0.15) is 13.8 Å². The Morgan fingerprint density at radius 3 is 1.65 bits per heavy atom. The summed E-state index contributed by atoms with van der Waals surface area (Å²) in [6, 6.07) is -2.88. The highest BCUT2D eigenvalue weighted by molar-refractivity contribution is 5.73. The van der Waals surface area contributed by atoms with Crippen LogP contribution in [0.3, 0.4) is 0 Å². The zero-order valence-electron chi connectivity index (χ0n) is 21.7. The zero-order chi connectivity index (χ0) is 29.9. The summed E-state index contributed by atoms with van der Waals surface area (Å²) < 4.78 is 27.8. The minimum Gasteiger partial charge on any atom is -0.394 e. The molecular weight excluding hydrogens is 548 g/mol. The molecule has 0 saturated carbocycles. The second-order valence-corrected chi connectivity index (χ2v) is 9.81. The van der Waals surface area contributed by atoms with Gasteiger partial charge in [0.25, 0.3) is 0 Å². The van der Waals surface area contributed by atoms with E-state index in [1.807, 2.05) is 0 Å². The number of aliphatic hydroxyl groups is 9. The summed E-state index contributed by atoms with van der Waals surface area (Å²) in [5.41, 5.74) is 0. The lowest BCUT2D eigenvalue weighted by Crippen LogP contribution is -2.70. The summed E-state index contributed by atoms with van der Waals surface area (Å²) in [7, 11) is 0. The van der Waals surface area contributed by atoms with Crippen LogP contribution in [0.5, 0.6) is 0 Å². The predicted molar refractivity (Wildman–Crippen MR) is 124 cm³/mol. The van der Waals surface area contributed by atoms with Gasteiger partial charge >= 0.3 is 0 Å². The van der Waals surface area contributed by atoms with E-state index in [4.69, 9.17) is 23.7 Å². The minimum atomic E-state index is -1.88. The number of carbonyl (C=O) groups is 2. The van der Waals surface area contributed by atoms with Crippen LogP contribution < -0.4 is 10.6 Å². The number of hydrogen-bond donors (Lipinski definition) is 11. The Bertz CT molecular complexity index is 852. The Labute approximate surface area is 228 Å². The molecule has 3 rings (SSSR count). The van der Waals surface area contributed by atoms with Crippen LogP contribution in [0, 0.1) is 0 Å². The molecule has 0 spiro atoms. The molecule has 3 saturated heterocycles. The van der Waals surface area contributed by atoms with Gasteiger partial charge in [0.1, 0.15) is 73.1 Å². The van der Waals surface area contributed by atoms with E-state index in [2.05, 4.69) is 10.6 Å². The van der Waals surface area contributed by atoms with Crippen LogP contribution >= 0.6 is 0 Å². The van der Waals surface area contributed by atoms with Crippen LogP contribution in [0.15, 0.2) is 0 Å². The third-order valence-electron chi connectivity index (χ3n) is 6.90. The van der Waals surface area contributed by atoms with Gasteiger partial charge in [-0.15, -0.1) is 0 Å². The van der Waals surface area contributed by atoms with Gasteiger partial charge in [0.05, 0.1) is 19.8 Å². The molecular formula is C22H38N2O16. The van der Waals surface area contributed by atoms with E-state index in [0.717, 1.165) is 13.8 Å². The average molecular weight is 587 g/mol. The summed E-state index contributed by atoms with van der Waals surface area (Å²) >= 11 is 0. The van der Waals surface area contributed by atoms with Crippen LogP contribution in [0.25, 0.3) is 0 Å². The highest BCUT2D eigenvalue weighted by Crippen LogP contribution is 2.32. The van der Waals surface area contributed by atoms with Gasteiger partial charge in [0.2, 0.25) is 11.8 Å². The van der Waals surface area contributed by atoms with Gasteiger partial charge in [-0.2, -0.15) is 0 Å². The molecule has 3 aliphatic rings. The average Bonchev–Trinajstić information content (AvgIpc) is 2.90. The Balaban J connectivity index is 1.92. The van der Waals surface area contributed by atoms with Crippen molar-refractivity contribution in [3.63, 3.8) is 0 Å². The quantitative estimate of drug-likeness (QED) is 0.120. The maximum atomic E-state index is 12.1. The lowest BCUT2D eigenvalue weighted by Gasteiger charge is -2.49. The van der Waals surface area contributed by atoms with Crippen LogP contribution in [0.2, 0.25) is 0 Å². The maximum absolute atomic E-state index is 12.1. The highest BCUT2D eigenvalue weighted by Gasteiger charge is 2.54. The Hall–Kier alpha value is -1.62. The number of hydrogen-bond acceptors (Lipinski definition) is 16. The first kappa shape index (κ1) is 32.9. The van der Waals surface area contributed by atoms with Crippen molar-refractivity contribution in [2.75, 3.05) is 19.8 Å². The fraction of sp³-hybridized carbons (Fsp3) is 0.909. The summed E-state index contributed by atoms with van der Waals surface area (Å²) in [5, 5.41) is 96.5. The summed E-state index contributed by atoms with van der Waals surface area (Å²) in [5.74, 6) is -1.32. The topological polar surface area (TPSA) is 286 Å². The van der Waals surface area contributed by atoms with E-state index >= 15 is 0 Å². The number of ether oxygens (including phenoxy) is 5. The molecule has 0 bridgehead atoms. The zero-order valence-corrected chi connectivity index (χ0v) is 21.7. The van der Waals surface area contributed by atoms with Crippen molar-refractivity contribution in [1.82, 2.24) is 10.6 Å². The van der Waals surface area contributed by atoms with Crippen LogP contribution in [-0.4, -0.2) is 170 Å². The molecule has 0 aromatic heterocycles. The lowest BCUT2D eigenvalue weighted by molar-refractivity contribution is -0.358. The number of amides is 2. The molecule has 11 N–H and O–H groups in total. The molecule has 18 heteroatoms. The normalized spacial score (nSPS) is 46.0. The monoisotopic (exact) mass is 586 g/mol. The molecule has 2 amide bonds. The van der Waals surface area contributed by atoms with Crippen LogP contribution in [0.4, 0.5) is 0 Å². The molecule has 3 heterocycles. The smallest absolute Gasteiger partial charge is 0.217 e. The first-order valence-corrected chi connectivity index (χ1v) is 12.6. The molecule has 0 aliphatic carbocycles. The number of nitrogens with one attached hydrogen (secondary N) is 2. The second kappa shape index (κ2) is 14.0. The van der Waals surface area contributed by atoms with Crippen molar-refractivity contribution in [3.8, 4) is 0 Å². The third kappa shape index (κ3) is 7.05. The minimum absolute atomic E-state index is 0.630. The maximum Gasteiger partial charge on any atom is 0.217 e. The van der Waals surface area contributed by atoms with Crippen molar-refractivity contribution in [1.29, 1.82) is 0 Å². The van der Waals surface area contributed by atoms with Crippen molar-refractivity contribution in [2.45, 2.75) is 106 Å². The fourth-order valence-electron chi connectivity index (χ4n) is 4.86. The molecule has 1 unspecified atom stereocenters. The Kier molecular flexibility index (Phi) is 11.5. The summed E-state index contributed by atoms with van der Waals surface area (Å²) in [4.78, 5) is 23.7. The number of rotatable bonds is 9. The predicted octanol–water partition coefficient (Wildman–Crippen LogP) is -7.29. The van der Waals surface area contributed by atoms with Gasteiger partial charge in [0.15, 0.2) is 18.9 Å². The van der Waals surface area contributed by atoms with Gasteiger partial charge < -0.3 is 80.3 Å². The SMILES string of the molecule is CC(=O)N[C@H]1[C@H](O[C@H]2[C@H](O)[C@@H](NC(C)=O)C(O)O[C@@H]2CO)O[C@H](CO)[C@H](O)[C@@H]1O[C@@H]1O[C@H](CO)[C@H](O)[C@H](O)[C@H]1O. The van der Waals surface area contributed by atoms with Gasteiger partial charge in [-0.3, -0.25) is 9.59 Å². The first-order valence-electron chi connectivity index (χ1n) is 12.6. The molecule has 0 radical (unpaired) electrons. The molecule has 232 valence electrons. The van der Waals surface area contributed by atoms with Gasteiger partial charge in [-0.1, -0.05) is 0 Å². The summed E-state index contributed by atoms with van der Waals surface area (Å²) in [6.07, 6.45) is -21.3. The first-order chi connectivity index (χ1) is 18.8. The molecule has 0 aromatic rings. The van der Waals surface area contributed by atoms with Gasteiger partial charge in [-0.05, 0) is 0 Å². The van der Waals surface area contributed by atoms with Crippen molar-refractivity contribution in [2.24, 2.45) is 0 Å². The molecule has 18 nitrogen and oxygen atoms in total.